The van der Waals surface area contributed by atoms with Gasteiger partial charge >= 0.3 is 0 Å². The standard InChI is InChI=1S/C13H12ClN3OS/c1-17-11(7-18)6-16-13(17)19-8-10-3-2-9(5-15)4-12(10)14/h2-4,6,18H,7-8H2,1H3. The topological polar surface area (TPSA) is 61.8 Å². The van der Waals surface area contributed by atoms with Crippen LogP contribution in [0.1, 0.15) is 16.8 Å². The van der Waals surface area contributed by atoms with Crippen LogP contribution in [0.4, 0.5) is 0 Å². The molecule has 2 aromatic rings. The summed E-state index contributed by atoms with van der Waals surface area (Å²) in [6, 6.07) is 7.32. The molecule has 0 saturated heterocycles. The van der Waals surface area contributed by atoms with Crippen molar-refractivity contribution in [1.82, 2.24) is 9.55 Å². The van der Waals surface area contributed by atoms with E-state index in [0.29, 0.717) is 16.3 Å². The molecular weight excluding hydrogens is 282 g/mol. The average Bonchev–Trinajstić information content (AvgIpc) is 2.78. The van der Waals surface area contributed by atoms with E-state index < -0.39 is 0 Å². The zero-order valence-electron chi connectivity index (χ0n) is 10.3. The minimum atomic E-state index is -0.0261. The summed E-state index contributed by atoms with van der Waals surface area (Å²) in [6.45, 7) is -0.0261. The molecule has 0 spiro atoms. The van der Waals surface area contributed by atoms with Crippen molar-refractivity contribution < 1.29 is 5.11 Å². The number of rotatable bonds is 4. The quantitative estimate of drug-likeness (QED) is 0.881. The van der Waals surface area contributed by atoms with Gasteiger partial charge in [-0.25, -0.2) is 4.98 Å². The molecule has 2 rings (SSSR count). The molecule has 1 aromatic carbocycles. The Morgan fingerprint density at radius 1 is 1.53 bits per heavy atom. The Balaban J connectivity index is 2.10. The maximum absolute atomic E-state index is 9.10. The summed E-state index contributed by atoms with van der Waals surface area (Å²) in [6.07, 6.45) is 1.66. The van der Waals surface area contributed by atoms with Gasteiger partial charge in [0.15, 0.2) is 5.16 Å². The summed E-state index contributed by atoms with van der Waals surface area (Å²) in [5.74, 6) is 0.667. The van der Waals surface area contributed by atoms with E-state index in [2.05, 4.69) is 11.1 Å². The highest BCUT2D eigenvalue weighted by molar-refractivity contribution is 7.98. The van der Waals surface area contributed by atoms with Gasteiger partial charge in [0, 0.05) is 17.8 Å². The van der Waals surface area contributed by atoms with Crippen molar-refractivity contribution in [2.45, 2.75) is 17.5 Å². The predicted octanol–water partition coefficient (Wildman–Crippen LogP) is 2.73. The number of halogens is 1. The second kappa shape index (κ2) is 6.11. The molecule has 0 aliphatic rings. The Labute approximate surface area is 120 Å². The zero-order valence-corrected chi connectivity index (χ0v) is 11.9. The molecule has 0 radical (unpaired) electrons. The van der Waals surface area contributed by atoms with Crippen LogP contribution in [0.15, 0.2) is 29.6 Å². The molecule has 0 aliphatic carbocycles. The second-order valence-corrected chi connectivity index (χ2v) is 5.31. The van der Waals surface area contributed by atoms with E-state index in [9.17, 15) is 0 Å². The lowest BCUT2D eigenvalue weighted by atomic mass is 10.2. The molecule has 0 unspecified atom stereocenters. The van der Waals surface area contributed by atoms with Crippen molar-refractivity contribution >= 4 is 23.4 Å². The van der Waals surface area contributed by atoms with E-state index >= 15 is 0 Å². The van der Waals surface area contributed by atoms with Crippen molar-refractivity contribution in [3.63, 3.8) is 0 Å². The number of thioether (sulfide) groups is 1. The minimum Gasteiger partial charge on any atom is -0.390 e. The highest BCUT2D eigenvalue weighted by atomic mass is 35.5. The molecule has 0 bridgehead atoms. The molecule has 0 saturated carbocycles. The van der Waals surface area contributed by atoms with Crippen molar-refractivity contribution in [3.8, 4) is 6.07 Å². The SMILES string of the molecule is Cn1c(CO)cnc1SCc1ccc(C#N)cc1Cl. The van der Waals surface area contributed by atoms with Gasteiger partial charge in [-0.15, -0.1) is 0 Å². The molecule has 1 heterocycles. The van der Waals surface area contributed by atoms with Gasteiger partial charge in [0.25, 0.3) is 0 Å². The van der Waals surface area contributed by atoms with Crippen molar-refractivity contribution in [2.24, 2.45) is 7.05 Å². The van der Waals surface area contributed by atoms with Crippen molar-refractivity contribution in [1.29, 1.82) is 5.26 Å². The van der Waals surface area contributed by atoms with Crippen LogP contribution in [0.2, 0.25) is 5.02 Å². The zero-order chi connectivity index (χ0) is 13.8. The van der Waals surface area contributed by atoms with Crippen LogP contribution in [0, 0.1) is 11.3 Å². The van der Waals surface area contributed by atoms with E-state index in [0.717, 1.165) is 16.4 Å². The van der Waals surface area contributed by atoms with Gasteiger partial charge in [-0.3, -0.25) is 0 Å². The van der Waals surface area contributed by atoms with Crippen LogP contribution >= 0.6 is 23.4 Å². The van der Waals surface area contributed by atoms with Crippen LogP contribution < -0.4 is 0 Å². The first-order valence-electron chi connectivity index (χ1n) is 5.58. The molecule has 1 N–H and O–H groups in total. The number of aliphatic hydroxyl groups is 1. The summed E-state index contributed by atoms with van der Waals surface area (Å²) in [7, 11) is 1.86. The average molecular weight is 294 g/mol. The molecule has 1 aromatic heterocycles. The smallest absolute Gasteiger partial charge is 0.168 e. The molecule has 0 aliphatic heterocycles. The van der Waals surface area contributed by atoms with E-state index in [1.165, 1.54) is 11.8 Å². The Bertz CT molecular complexity index is 633. The highest BCUT2D eigenvalue weighted by Crippen LogP contribution is 2.26. The molecular formula is C13H12ClN3OS. The fraction of sp³-hybridized carbons (Fsp3) is 0.231. The summed E-state index contributed by atoms with van der Waals surface area (Å²) in [4.78, 5) is 4.24. The molecule has 6 heteroatoms. The van der Waals surface area contributed by atoms with Crippen LogP contribution in [0.5, 0.6) is 0 Å². The first-order chi connectivity index (χ1) is 9.15. The molecule has 0 amide bonds. The lowest BCUT2D eigenvalue weighted by Crippen LogP contribution is -1.97. The van der Waals surface area contributed by atoms with Crippen molar-refractivity contribution in [3.05, 3.63) is 46.2 Å². The fourth-order valence-corrected chi connectivity index (χ4v) is 2.88. The van der Waals surface area contributed by atoms with Gasteiger partial charge in [0.1, 0.15) is 0 Å². The number of nitriles is 1. The maximum atomic E-state index is 9.10. The first kappa shape index (κ1) is 13.9. The first-order valence-corrected chi connectivity index (χ1v) is 6.95. The molecule has 4 nitrogen and oxygen atoms in total. The summed E-state index contributed by atoms with van der Waals surface area (Å²) in [5, 5.41) is 19.3. The third-order valence-electron chi connectivity index (χ3n) is 2.74. The maximum Gasteiger partial charge on any atom is 0.168 e. The van der Waals surface area contributed by atoms with E-state index in [1.54, 1.807) is 18.3 Å². The van der Waals surface area contributed by atoms with Crippen LogP contribution in [0.25, 0.3) is 0 Å². The van der Waals surface area contributed by atoms with Gasteiger partial charge in [0.2, 0.25) is 0 Å². The monoisotopic (exact) mass is 293 g/mol. The van der Waals surface area contributed by atoms with Crippen LogP contribution in [-0.2, 0) is 19.4 Å². The van der Waals surface area contributed by atoms with Crippen LogP contribution in [0.3, 0.4) is 0 Å². The number of aliphatic hydroxyl groups excluding tert-OH is 1. The summed E-state index contributed by atoms with van der Waals surface area (Å²) < 4.78 is 1.85. The second-order valence-electron chi connectivity index (χ2n) is 3.96. The Hall–Kier alpha value is -1.48. The molecule has 0 atom stereocenters. The van der Waals surface area contributed by atoms with E-state index in [1.807, 2.05) is 17.7 Å². The lowest BCUT2D eigenvalue weighted by Gasteiger charge is -2.06. The van der Waals surface area contributed by atoms with Crippen LogP contribution in [-0.4, -0.2) is 14.7 Å². The lowest BCUT2D eigenvalue weighted by molar-refractivity contribution is 0.271. The van der Waals surface area contributed by atoms with Gasteiger partial charge in [0.05, 0.1) is 30.1 Å². The number of aromatic nitrogens is 2. The fourth-order valence-electron chi connectivity index (χ4n) is 1.58. The minimum absolute atomic E-state index is 0.0261. The van der Waals surface area contributed by atoms with Crippen molar-refractivity contribution in [2.75, 3.05) is 0 Å². The van der Waals surface area contributed by atoms with Gasteiger partial charge < -0.3 is 9.67 Å². The highest BCUT2D eigenvalue weighted by Gasteiger charge is 2.08. The summed E-state index contributed by atoms with van der Waals surface area (Å²) >= 11 is 7.65. The number of nitrogens with zero attached hydrogens (tertiary/aromatic N) is 3. The largest absolute Gasteiger partial charge is 0.390 e. The van der Waals surface area contributed by atoms with E-state index in [-0.39, 0.29) is 6.61 Å². The van der Waals surface area contributed by atoms with E-state index in [4.69, 9.17) is 22.0 Å². The Kier molecular flexibility index (Phi) is 4.48. The molecule has 98 valence electrons. The number of imidazole rings is 1. The Morgan fingerprint density at radius 3 is 2.89 bits per heavy atom. The predicted molar refractivity (Wildman–Crippen MR) is 74.9 cm³/mol. The summed E-state index contributed by atoms with van der Waals surface area (Å²) in [5.41, 5.74) is 2.28. The normalized spacial score (nSPS) is 10.4. The number of hydrogen-bond donors (Lipinski definition) is 1. The molecule has 19 heavy (non-hydrogen) atoms. The van der Waals surface area contributed by atoms with Gasteiger partial charge in [-0.05, 0) is 17.7 Å². The van der Waals surface area contributed by atoms with Gasteiger partial charge in [-0.2, -0.15) is 5.26 Å². The number of benzene rings is 1. The Morgan fingerprint density at radius 2 is 2.32 bits per heavy atom. The van der Waals surface area contributed by atoms with Gasteiger partial charge in [-0.1, -0.05) is 29.4 Å². The third-order valence-corrected chi connectivity index (χ3v) is 4.19. The number of hydrogen-bond acceptors (Lipinski definition) is 4. The third kappa shape index (κ3) is 3.10. The molecule has 0 fully saturated rings.